The van der Waals surface area contributed by atoms with Crippen molar-refractivity contribution in [3.05, 3.63) is 58.0 Å². The van der Waals surface area contributed by atoms with Crippen LogP contribution in [-0.4, -0.2) is 21.8 Å². The second-order valence-corrected chi connectivity index (χ2v) is 5.54. The van der Waals surface area contributed by atoms with Crippen molar-refractivity contribution in [2.75, 3.05) is 7.11 Å². The average Bonchev–Trinajstić information content (AvgIpc) is 2.88. The van der Waals surface area contributed by atoms with E-state index in [4.69, 9.17) is 16.3 Å². The van der Waals surface area contributed by atoms with Gasteiger partial charge >= 0.3 is 0 Å². The van der Waals surface area contributed by atoms with Gasteiger partial charge in [0.15, 0.2) is 0 Å². The van der Waals surface area contributed by atoms with E-state index in [-0.39, 0.29) is 5.91 Å². The first-order valence-corrected chi connectivity index (χ1v) is 7.19. The summed E-state index contributed by atoms with van der Waals surface area (Å²) in [5, 5.41) is 0.601. The van der Waals surface area contributed by atoms with Gasteiger partial charge < -0.3 is 4.74 Å². The highest BCUT2D eigenvalue weighted by molar-refractivity contribution is 7.03. The predicted octanol–water partition coefficient (Wildman–Crippen LogP) is 2.80. The topological polar surface area (TPSA) is 56.0 Å². The van der Waals surface area contributed by atoms with E-state index < -0.39 is 0 Å². The van der Waals surface area contributed by atoms with Gasteiger partial charge in [-0.25, -0.2) is 0 Å². The zero-order valence-electron chi connectivity index (χ0n) is 11.0. The van der Waals surface area contributed by atoms with E-state index in [0.29, 0.717) is 26.8 Å². The van der Waals surface area contributed by atoms with Crippen LogP contribution in [0.25, 0.3) is 5.65 Å². The smallest absolute Gasteiger partial charge is 0.279 e. The fourth-order valence-electron chi connectivity index (χ4n) is 1.75. The van der Waals surface area contributed by atoms with E-state index in [9.17, 15) is 4.79 Å². The van der Waals surface area contributed by atoms with Gasteiger partial charge in [-0.2, -0.15) is 9.98 Å². The Balaban J connectivity index is 1.96. The Labute approximate surface area is 129 Å². The molecule has 0 unspecified atom stereocenters. The van der Waals surface area contributed by atoms with Gasteiger partial charge in [0.05, 0.1) is 12.1 Å². The number of hydrogen-bond acceptors (Lipinski definition) is 4. The van der Waals surface area contributed by atoms with Crippen LogP contribution in [-0.2, 0) is 0 Å². The summed E-state index contributed by atoms with van der Waals surface area (Å²) in [6.45, 7) is 0. The quantitative estimate of drug-likeness (QED) is 0.730. The molecule has 0 aliphatic carbocycles. The number of carbonyl (C=O) groups excluding carboxylic acids is 1. The number of aromatic nitrogens is 2. The van der Waals surface area contributed by atoms with Crippen LogP contribution in [0.1, 0.15) is 10.4 Å². The van der Waals surface area contributed by atoms with Gasteiger partial charge in [0, 0.05) is 11.8 Å². The van der Waals surface area contributed by atoms with E-state index in [1.807, 2.05) is 0 Å². The van der Waals surface area contributed by atoms with Gasteiger partial charge in [-0.1, -0.05) is 11.6 Å². The number of carbonyl (C=O) groups is 1. The lowest BCUT2D eigenvalue weighted by molar-refractivity contribution is 0.0998. The number of hydrogen-bond donors (Lipinski definition) is 0. The zero-order valence-corrected chi connectivity index (χ0v) is 12.6. The Morgan fingerprint density at radius 3 is 2.76 bits per heavy atom. The number of rotatable bonds is 2. The average molecular weight is 320 g/mol. The highest BCUT2D eigenvalue weighted by atomic mass is 35.5. The van der Waals surface area contributed by atoms with Crippen LogP contribution in [0.5, 0.6) is 5.75 Å². The Morgan fingerprint density at radius 1 is 1.29 bits per heavy atom. The van der Waals surface area contributed by atoms with Crippen molar-refractivity contribution >= 4 is 34.7 Å². The van der Waals surface area contributed by atoms with Crippen LogP contribution in [0.4, 0.5) is 0 Å². The third kappa shape index (κ3) is 2.96. The van der Waals surface area contributed by atoms with Crippen molar-refractivity contribution in [3.8, 4) is 5.75 Å². The normalized spacial score (nSPS) is 11.8. The van der Waals surface area contributed by atoms with Crippen molar-refractivity contribution in [2.24, 2.45) is 4.99 Å². The lowest BCUT2D eigenvalue weighted by Gasteiger charge is -1.98. The number of halogens is 1. The molecule has 0 spiro atoms. The van der Waals surface area contributed by atoms with Crippen LogP contribution >= 0.6 is 23.1 Å². The maximum absolute atomic E-state index is 12.1. The molecule has 2 aromatic heterocycles. The molecule has 0 fully saturated rings. The van der Waals surface area contributed by atoms with E-state index in [1.54, 1.807) is 53.5 Å². The van der Waals surface area contributed by atoms with Crippen molar-refractivity contribution in [1.82, 2.24) is 8.77 Å². The summed E-state index contributed by atoms with van der Waals surface area (Å²) in [5.74, 6) is 0.347. The summed E-state index contributed by atoms with van der Waals surface area (Å²) < 4.78 is 6.82. The van der Waals surface area contributed by atoms with Gasteiger partial charge in [0.2, 0.25) is 4.80 Å². The molecule has 3 aromatic rings. The minimum atomic E-state index is -0.344. The van der Waals surface area contributed by atoms with E-state index >= 15 is 0 Å². The maximum Gasteiger partial charge on any atom is 0.279 e. The molecule has 0 radical (unpaired) electrons. The molecular weight excluding hydrogens is 310 g/mol. The minimum absolute atomic E-state index is 0.344. The van der Waals surface area contributed by atoms with Crippen molar-refractivity contribution < 1.29 is 9.53 Å². The molecule has 2 heterocycles. The number of methoxy groups -OCH3 is 1. The molecular formula is C14H10ClN3O2S. The largest absolute Gasteiger partial charge is 0.497 e. The summed E-state index contributed by atoms with van der Waals surface area (Å²) in [6.07, 6.45) is 1.73. The molecule has 5 nitrogen and oxygen atoms in total. The minimum Gasteiger partial charge on any atom is -0.497 e. The molecule has 0 saturated heterocycles. The third-order valence-corrected chi connectivity index (χ3v) is 3.84. The number of fused-ring (bicyclic) bond motifs is 1. The summed E-state index contributed by atoms with van der Waals surface area (Å²) in [6, 6.07) is 10.3. The first-order valence-electron chi connectivity index (χ1n) is 6.04. The summed E-state index contributed by atoms with van der Waals surface area (Å²) in [5.41, 5.74) is 1.18. The number of benzene rings is 1. The molecule has 1 aromatic carbocycles. The van der Waals surface area contributed by atoms with Crippen molar-refractivity contribution in [3.63, 3.8) is 0 Å². The Kier molecular flexibility index (Phi) is 3.72. The molecule has 0 aliphatic rings. The molecule has 21 heavy (non-hydrogen) atoms. The first-order chi connectivity index (χ1) is 10.2. The van der Waals surface area contributed by atoms with E-state index in [1.165, 1.54) is 11.5 Å². The van der Waals surface area contributed by atoms with Crippen LogP contribution in [0.2, 0.25) is 5.02 Å². The van der Waals surface area contributed by atoms with Gasteiger partial charge in [0.25, 0.3) is 5.91 Å². The zero-order chi connectivity index (χ0) is 14.8. The summed E-state index contributed by atoms with van der Waals surface area (Å²) >= 11 is 7.16. The molecule has 0 N–H and O–H groups in total. The van der Waals surface area contributed by atoms with Crippen LogP contribution in [0.15, 0.2) is 47.6 Å². The fraction of sp³-hybridized carbons (Fsp3) is 0.0714. The van der Waals surface area contributed by atoms with Crippen LogP contribution in [0, 0.1) is 0 Å². The monoisotopic (exact) mass is 319 g/mol. The third-order valence-electron chi connectivity index (χ3n) is 2.78. The molecule has 0 bridgehead atoms. The standard InChI is InChI=1S/C14H10ClN3O2S/c1-20-11-5-2-9(3-6-11)13(19)17-14-16-12-7-4-10(15)8-18(12)21-14/h2-8H,1H3. The molecule has 0 saturated carbocycles. The number of ether oxygens (including phenoxy) is 1. The Hall–Kier alpha value is -2.18. The molecule has 0 aliphatic heterocycles. The first kappa shape index (κ1) is 13.8. The van der Waals surface area contributed by atoms with E-state index in [0.717, 1.165) is 0 Å². The van der Waals surface area contributed by atoms with Crippen LogP contribution in [0.3, 0.4) is 0 Å². The Bertz CT molecular complexity index is 868. The SMILES string of the molecule is COc1ccc(C(=O)N=c2nc3ccc(Cl)cn3s2)cc1. The van der Waals surface area contributed by atoms with Crippen molar-refractivity contribution in [1.29, 1.82) is 0 Å². The highest BCUT2D eigenvalue weighted by Crippen LogP contribution is 2.12. The highest BCUT2D eigenvalue weighted by Gasteiger charge is 2.05. The summed E-state index contributed by atoms with van der Waals surface area (Å²) in [4.78, 5) is 20.7. The summed E-state index contributed by atoms with van der Waals surface area (Å²) in [7, 11) is 1.57. The van der Waals surface area contributed by atoms with Crippen LogP contribution < -0.4 is 9.54 Å². The number of pyridine rings is 1. The molecule has 106 valence electrons. The van der Waals surface area contributed by atoms with Gasteiger partial charge in [0.1, 0.15) is 11.4 Å². The number of nitrogens with zero attached hydrogens (tertiary/aromatic N) is 3. The maximum atomic E-state index is 12.1. The number of amides is 1. The predicted molar refractivity (Wildman–Crippen MR) is 81.0 cm³/mol. The Morgan fingerprint density at radius 2 is 2.05 bits per heavy atom. The lowest BCUT2D eigenvalue weighted by Crippen LogP contribution is -2.04. The van der Waals surface area contributed by atoms with Gasteiger partial charge in [-0.05, 0) is 47.9 Å². The second-order valence-electron chi connectivity index (χ2n) is 4.16. The van der Waals surface area contributed by atoms with E-state index in [2.05, 4.69) is 9.98 Å². The molecule has 7 heteroatoms. The molecule has 3 rings (SSSR count). The fourth-order valence-corrected chi connectivity index (χ4v) is 2.76. The molecule has 0 atom stereocenters. The van der Waals surface area contributed by atoms with Gasteiger partial charge in [-0.15, -0.1) is 0 Å². The molecule has 1 amide bonds. The second kappa shape index (κ2) is 5.67. The van der Waals surface area contributed by atoms with Gasteiger partial charge in [-0.3, -0.25) is 8.58 Å². The van der Waals surface area contributed by atoms with Crippen molar-refractivity contribution in [2.45, 2.75) is 0 Å². The lowest BCUT2D eigenvalue weighted by atomic mass is 10.2.